The van der Waals surface area contributed by atoms with Gasteiger partial charge in [-0.15, -0.1) is 0 Å². The molecule has 1 unspecified atom stereocenters. The highest BCUT2D eigenvalue weighted by molar-refractivity contribution is 5.95. The van der Waals surface area contributed by atoms with Crippen LogP contribution in [-0.4, -0.2) is 52.2 Å². The lowest BCUT2D eigenvalue weighted by Crippen LogP contribution is -2.65. The molecule has 2 saturated heterocycles. The molecule has 1 spiro atoms. The van der Waals surface area contributed by atoms with Gasteiger partial charge in [0.2, 0.25) is 0 Å². The summed E-state index contributed by atoms with van der Waals surface area (Å²) in [6.45, 7) is 16.9. The molecule has 45 heavy (non-hydrogen) atoms. The van der Waals surface area contributed by atoms with E-state index in [2.05, 4.69) is 26.3 Å². The van der Waals surface area contributed by atoms with Crippen molar-refractivity contribution >= 4 is 23.7 Å². The van der Waals surface area contributed by atoms with Crippen molar-refractivity contribution in [3.05, 3.63) is 84.5 Å². The van der Waals surface area contributed by atoms with Crippen molar-refractivity contribution in [2.24, 2.45) is 40.9 Å². The number of fused-ring (bicyclic) bond motifs is 10. The molecule has 0 bridgehead atoms. The fraction of sp³-hybridized carbons (Fsp3) is 0.514. The average Bonchev–Trinajstić information content (AvgIpc) is 3.67. The zero-order valence-corrected chi connectivity index (χ0v) is 25.3. The minimum Gasteiger partial charge on any atom is -0.458 e. The van der Waals surface area contributed by atoms with E-state index in [1.165, 1.54) is 0 Å². The van der Waals surface area contributed by atoms with Gasteiger partial charge in [0, 0.05) is 41.2 Å². The molecule has 0 radical (unpaired) electrons. The molecule has 234 valence electrons. The molecule has 7 aliphatic rings. The summed E-state index contributed by atoms with van der Waals surface area (Å²) in [7, 11) is 0. The second-order valence-corrected chi connectivity index (χ2v) is 14.5. The van der Waals surface area contributed by atoms with Crippen LogP contribution in [0.1, 0.15) is 61.7 Å². The van der Waals surface area contributed by atoms with Gasteiger partial charge in [0.15, 0.2) is 5.60 Å². The Balaban J connectivity index is 1.35. The van der Waals surface area contributed by atoms with Gasteiger partial charge < -0.3 is 19.3 Å². The van der Waals surface area contributed by atoms with Crippen molar-refractivity contribution in [3.63, 3.8) is 0 Å². The maximum absolute atomic E-state index is 14.8. The first kappa shape index (κ1) is 28.7. The zero-order chi connectivity index (χ0) is 31.6. The van der Waals surface area contributed by atoms with Gasteiger partial charge in [0.25, 0.3) is 0 Å². The summed E-state index contributed by atoms with van der Waals surface area (Å²) < 4.78 is 18.8. The molecule has 2 heterocycles. The van der Waals surface area contributed by atoms with E-state index >= 15 is 0 Å². The molecule has 0 aromatic heterocycles. The average molecular weight is 611 g/mol. The van der Waals surface area contributed by atoms with Crippen molar-refractivity contribution in [2.45, 2.75) is 74.8 Å². The standard InChI is InChI=1S/C37H38O8/c1-18-10-12-23-20(3)32(39)43-30(23)28-25(18)16-27(38)35(28)14-15-36(42)29-26(19(2)11-13-24-21(4)33(40)44-31(24)29)17-37(35,36)45-34(41)22-8-6-5-7-9-22/h5-9,23-26,28-31,42H,1-4,10-17H2/t23-,24-,25-,26-,28?,29-,30-,31-,35+,36-,37-/m0/s1. The normalized spacial score (nSPS) is 44.9. The molecule has 0 amide bonds. The Morgan fingerprint density at radius 1 is 0.800 bits per heavy atom. The van der Waals surface area contributed by atoms with Crippen molar-refractivity contribution in [1.82, 2.24) is 0 Å². The Morgan fingerprint density at radius 3 is 2.00 bits per heavy atom. The summed E-state index contributed by atoms with van der Waals surface area (Å²) in [5.74, 6) is -4.29. The van der Waals surface area contributed by atoms with E-state index in [0.29, 0.717) is 42.4 Å². The molecule has 8 rings (SSSR count). The zero-order valence-electron chi connectivity index (χ0n) is 25.3. The third kappa shape index (κ3) is 3.41. The Morgan fingerprint density at radius 2 is 1.38 bits per heavy atom. The number of hydrogen-bond acceptors (Lipinski definition) is 8. The van der Waals surface area contributed by atoms with E-state index in [0.717, 1.165) is 11.1 Å². The molecular weight excluding hydrogens is 572 g/mol. The fourth-order valence-corrected chi connectivity index (χ4v) is 11.0. The summed E-state index contributed by atoms with van der Waals surface area (Å²) in [5.41, 5.74) is -1.98. The number of Topliss-reactive ketones (excluding diaryl/α,β-unsaturated/α-hetero) is 1. The molecule has 5 saturated carbocycles. The molecular formula is C37H38O8. The van der Waals surface area contributed by atoms with E-state index < -0.39 is 58.6 Å². The summed E-state index contributed by atoms with van der Waals surface area (Å²) in [4.78, 5) is 54.9. The molecule has 7 fully saturated rings. The van der Waals surface area contributed by atoms with Crippen molar-refractivity contribution < 1.29 is 38.5 Å². The predicted molar refractivity (Wildman–Crippen MR) is 161 cm³/mol. The van der Waals surface area contributed by atoms with Gasteiger partial charge in [-0.25, -0.2) is 14.4 Å². The number of rotatable bonds is 2. The minimum atomic E-state index is -1.74. The highest BCUT2D eigenvalue weighted by atomic mass is 16.6. The second-order valence-electron chi connectivity index (χ2n) is 14.5. The van der Waals surface area contributed by atoms with E-state index in [4.69, 9.17) is 14.2 Å². The number of hydrogen-bond donors (Lipinski definition) is 1. The van der Waals surface area contributed by atoms with Gasteiger partial charge in [-0.1, -0.05) is 55.7 Å². The monoisotopic (exact) mass is 610 g/mol. The number of esters is 3. The maximum Gasteiger partial charge on any atom is 0.338 e. The molecule has 8 heteroatoms. The lowest BCUT2D eigenvalue weighted by Gasteiger charge is -2.50. The van der Waals surface area contributed by atoms with Crippen LogP contribution < -0.4 is 0 Å². The number of carbonyl (C=O) groups excluding carboxylic acids is 4. The van der Waals surface area contributed by atoms with Gasteiger partial charge in [-0.2, -0.15) is 0 Å². The SMILES string of the molecule is C=C1CC[C@H]2C(=C)C(=O)O[C@@H]2C2[C@H]1CC(=O)[C@]21CC[C@]2(O)[C@@H]3[C@H]4OC(=O)C(=C)[C@@H]4CCC(=C)[C@@H]3C[C@]12OC(=O)c1ccccc1. The van der Waals surface area contributed by atoms with Crippen LogP contribution >= 0.6 is 0 Å². The number of ether oxygens (including phenoxy) is 3. The highest BCUT2D eigenvalue weighted by Gasteiger charge is 2.85. The molecule has 11 atom stereocenters. The van der Waals surface area contributed by atoms with Crippen LogP contribution in [0.2, 0.25) is 0 Å². The predicted octanol–water partition coefficient (Wildman–Crippen LogP) is 4.83. The summed E-state index contributed by atoms with van der Waals surface area (Å²) in [6.07, 6.45) is 1.76. The lowest BCUT2D eigenvalue weighted by molar-refractivity contribution is -0.206. The Labute approximate surface area is 262 Å². The van der Waals surface area contributed by atoms with Crippen molar-refractivity contribution in [3.8, 4) is 0 Å². The summed E-state index contributed by atoms with van der Waals surface area (Å²) >= 11 is 0. The number of ketones is 1. The third-order valence-corrected chi connectivity index (χ3v) is 13.0. The fourth-order valence-electron chi connectivity index (χ4n) is 11.0. The first-order valence-corrected chi connectivity index (χ1v) is 16.1. The molecule has 1 aromatic rings. The highest BCUT2D eigenvalue weighted by Crippen LogP contribution is 2.75. The van der Waals surface area contributed by atoms with E-state index in [9.17, 15) is 24.3 Å². The summed E-state index contributed by atoms with van der Waals surface area (Å²) in [5, 5.41) is 13.3. The van der Waals surface area contributed by atoms with Crippen LogP contribution in [0.4, 0.5) is 0 Å². The van der Waals surface area contributed by atoms with E-state index in [1.54, 1.807) is 30.3 Å². The number of carbonyl (C=O) groups is 4. The quantitative estimate of drug-likeness (QED) is 0.219. The molecule has 1 aromatic carbocycles. The minimum absolute atomic E-state index is 0.115. The Bertz CT molecular complexity index is 1620. The number of allylic oxidation sites excluding steroid dienone is 2. The van der Waals surface area contributed by atoms with Gasteiger partial charge >= 0.3 is 17.9 Å². The van der Waals surface area contributed by atoms with Gasteiger partial charge in [-0.3, -0.25) is 4.79 Å². The van der Waals surface area contributed by atoms with Crippen LogP contribution in [0.25, 0.3) is 0 Å². The Kier molecular flexibility index (Phi) is 5.98. The number of aliphatic hydroxyl groups is 1. The largest absolute Gasteiger partial charge is 0.458 e. The van der Waals surface area contributed by atoms with Crippen LogP contribution in [-0.2, 0) is 28.6 Å². The van der Waals surface area contributed by atoms with Crippen molar-refractivity contribution in [1.29, 1.82) is 0 Å². The molecule has 1 N–H and O–H groups in total. The lowest BCUT2D eigenvalue weighted by atomic mass is 9.59. The topological polar surface area (TPSA) is 116 Å². The second kappa shape index (κ2) is 9.38. The van der Waals surface area contributed by atoms with Crippen molar-refractivity contribution in [2.75, 3.05) is 0 Å². The van der Waals surface area contributed by atoms with Gasteiger partial charge in [-0.05, 0) is 68.9 Å². The first-order chi connectivity index (χ1) is 21.4. The van der Waals surface area contributed by atoms with Crippen LogP contribution in [0, 0.1) is 40.9 Å². The van der Waals surface area contributed by atoms with Crippen LogP contribution in [0.15, 0.2) is 78.9 Å². The smallest absolute Gasteiger partial charge is 0.338 e. The Hall–Kier alpha value is -3.78. The first-order valence-electron chi connectivity index (χ1n) is 16.1. The van der Waals surface area contributed by atoms with E-state index in [1.807, 2.05) is 0 Å². The molecule has 5 aliphatic carbocycles. The molecule has 2 aliphatic heterocycles. The van der Waals surface area contributed by atoms with Gasteiger partial charge in [0.1, 0.15) is 23.6 Å². The van der Waals surface area contributed by atoms with Crippen LogP contribution in [0.3, 0.4) is 0 Å². The molecule has 8 nitrogen and oxygen atoms in total. The number of benzene rings is 1. The van der Waals surface area contributed by atoms with Crippen LogP contribution in [0.5, 0.6) is 0 Å². The maximum atomic E-state index is 14.8. The third-order valence-electron chi connectivity index (χ3n) is 13.0. The van der Waals surface area contributed by atoms with E-state index in [-0.39, 0.29) is 55.1 Å². The van der Waals surface area contributed by atoms with Gasteiger partial charge in [0.05, 0.1) is 11.0 Å². The summed E-state index contributed by atoms with van der Waals surface area (Å²) in [6, 6.07) is 8.57.